The van der Waals surface area contributed by atoms with Crippen molar-refractivity contribution in [1.29, 1.82) is 0 Å². The fraction of sp³-hybridized carbons (Fsp3) is 0. The molecule has 51 valence electrons. The van der Waals surface area contributed by atoms with Crippen LogP contribution in [-0.2, 0) is 32.7 Å². The van der Waals surface area contributed by atoms with Gasteiger partial charge in [0.1, 0.15) is 5.82 Å². The van der Waals surface area contributed by atoms with Gasteiger partial charge in [-0.2, -0.15) is 0 Å². The van der Waals surface area contributed by atoms with Gasteiger partial charge in [-0.3, -0.25) is 0 Å². The fourth-order valence-corrected chi connectivity index (χ4v) is 0.840. The van der Waals surface area contributed by atoms with Gasteiger partial charge in [-0.05, 0) is 12.1 Å². The topological polar surface area (TPSA) is 23.8 Å². The van der Waals surface area contributed by atoms with Crippen LogP contribution in [0.5, 0.6) is 0 Å². The normalized spacial score (nSPS) is 8.60. The summed E-state index contributed by atoms with van der Waals surface area (Å²) < 4.78 is 12.7. The maximum atomic E-state index is 12.2. The minimum absolute atomic E-state index is 0. The molecule has 0 fully saturated rings. The molecule has 0 unspecified atom stereocenters. The van der Waals surface area contributed by atoms with Crippen molar-refractivity contribution < 1.29 is 37.1 Å². The molecule has 10 heavy (non-hydrogen) atoms. The standard InChI is InChI=1S/C6H4BrFN.Y/c7-5-3-4(8)1-2-6(5)9;/h1-3,9H;/q-1;. The van der Waals surface area contributed by atoms with E-state index in [0.717, 1.165) is 0 Å². The van der Waals surface area contributed by atoms with Crippen LogP contribution in [0.3, 0.4) is 0 Å². The maximum Gasteiger partial charge on any atom is 0.124 e. The van der Waals surface area contributed by atoms with Crippen LogP contribution >= 0.6 is 15.9 Å². The molecule has 0 atom stereocenters. The van der Waals surface area contributed by atoms with Crippen LogP contribution in [0.1, 0.15) is 0 Å². The summed E-state index contributed by atoms with van der Waals surface area (Å²) in [6.45, 7) is 0. The molecule has 1 rings (SSSR count). The van der Waals surface area contributed by atoms with Gasteiger partial charge in [0.15, 0.2) is 0 Å². The van der Waals surface area contributed by atoms with Gasteiger partial charge in [0.2, 0.25) is 0 Å². The monoisotopic (exact) mass is 277 g/mol. The number of rotatable bonds is 0. The second-order valence-electron chi connectivity index (χ2n) is 1.62. The third-order valence-electron chi connectivity index (χ3n) is 0.931. The molecule has 0 saturated heterocycles. The molecule has 0 aliphatic heterocycles. The molecular weight excluding hydrogens is 274 g/mol. The van der Waals surface area contributed by atoms with Crippen molar-refractivity contribution in [3.63, 3.8) is 0 Å². The van der Waals surface area contributed by atoms with E-state index in [2.05, 4.69) is 15.9 Å². The van der Waals surface area contributed by atoms with Crippen LogP contribution in [0.25, 0.3) is 5.73 Å². The molecule has 0 heterocycles. The summed E-state index contributed by atoms with van der Waals surface area (Å²) in [5.74, 6) is -0.321. The summed E-state index contributed by atoms with van der Waals surface area (Å²) in [4.78, 5) is 0. The molecular formula is C6H4BrFNY-. The minimum atomic E-state index is -0.321. The Morgan fingerprint density at radius 2 is 2.00 bits per heavy atom. The molecule has 1 N–H and O–H groups in total. The quantitative estimate of drug-likeness (QED) is 0.695. The van der Waals surface area contributed by atoms with E-state index in [9.17, 15) is 4.39 Å². The summed E-state index contributed by atoms with van der Waals surface area (Å²) in [6, 6.07) is 3.93. The largest absolute Gasteiger partial charge is 0.698 e. The molecule has 4 heteroatoms. The molecule has 0 aliphatic rings. The van der Waals surface area contributed by atoms with E-state index >= 15 is 0 Å². The number of benzene rings is 1. The van der Waals surface area contributed by atoms with E-state index < -0.39 is 0 Å². The molecule has 0 bridgehead atoms. The van der Waals surface area contributed by atoms with Crippen LogP contribution in [0.4, 0.5) is 10.1 Å². The van der Waals surface area contributed by atoms with Crippen molar-refractivity contribution >= 4 is 21.6 Å². The van der Waals surface area contributed by atoms with Gasteiger partial charge in [0, 0.05) is 37.2 Å². The zero-order valence-electron chi connectivity index (χ0n) is 5.07. The molecule has 0 aliphatic carbocycles. The molecule has 1 aromatic carbocycles. The second-order valence-corrected chi connectivity index (χ2v) is 2.48. The van der Waals surface area contributed by atoms with Gasteiger partial charge in [-0.1, -0.05) is 22.0 Å². The first-order chi connectivity index (χ1) is 4.20. The van der Waals surface area contributed by atoms with Crippen LogP contribution in [0.2, 0.25) is 0 Å². The number of hydrogen-bond donors (Lipinski definition) is 0. The zero-order chi connectivity index (χ0) is 6.85. The van der Waals surface area contributed by atoms with Crippen molar-refractivity contribution in [3.8, 4) is 0 Å². The molecule has 1 nitrogen and oxygen atoms in total. The first-order valence-corrected chi connectivity index (χ1v) is 3.16. The van der Waals surface area contributed by atoms with Gasteiger partial charge in [-0.25, -0.2) is 4.39 Å². The number of nitrogens with one attached hydrogen (secondary N) is 1. The Balaban J connectivity index is 0.000000810. The molecule has 1 radical (unpaired) electrons. The maximum absolute atomic E-state index is 12.2. The smallest absolute Gasteiger partial charge is 0.124 e. The Morgan fingerprint density at radius 3 is 2.40 bits per heavy atom. The predicted octanol–water partition coefficient (Wildman–Crippen LogP) is 3.27. The predicted molar refractivity (Wildman–Crippen MR) is 38.1 cm³/mol. The van der Waals surface area contributed by atoms with Crippen LogP contribution in [0.15, 0.2) is 22.7 Å². The molecule has 0 amide bonds. The Hall–Kier alpha value is 0.534. The summed E-state index contributed by atoms with van der Waals surface area (Å²) in [5.41, 5.74) is 7.40. The van der Waals surface area contributed by atoms with E-state index in [4.69, 9.17) is 5.73 Å². The van der Waals surface area contributed by atoms with E-state index in [1.54, 1.807) is 0 Å². The van der Waals surface area contributed by atoms with Crippen molar-refractivity contribution in [2.75, 3.05) is 0 Å². The average molecular weight is 278 g/mol. The Labute approximate surface area is 92.2 Å². The Bertz CT molecular complexity index is 229. The van der Waals surface area contributed by atoms with Gasteiger partial charge in [0.25, 0.3) is 0 Å². The number of halogens is 2. The molecule has 0 saturated carbocycles. The summed E-state index contributed by atoms with van der Waals surface area (Å²) >= 11 is 3.02. The van der Waals surface area contributed by atoms with E-state index in [-0.39, 0.29) is 38.5 Å². The van der Waals surface area contributed by atoms with Crippen LogP contribution in [-0.4, -0.2) is 0 Å². The van der Waals surface area contributed by atoms with Crippen LogP contribution < -0.4 is 0 Å². The van der Waals surface area contributed by atoms with Crippen molar-refractivity contribution in [2.45, 2.75) is 0 Å². The Morgan fingerprint density at radius 1 is 1.40 bits per heavy atom. The van der Waals surface area contributed by atoms with Gasteiger partial charge >= 0.3 is 0 Å². The zero-order valence-corrected chi connectivity index (χ0v) is 9.49. The molecule has 1 aromatic rings. The third kappa shape index (κ3) is 2.64. The van der Waals surface area contributed by atoms with Crippen LogP contribution in [0, 0.1) is 5.82 Å². The van der Waals surface area contributed by atoms with E-state index in [1.807, 2.05) is 0 Å². The van der Waals surface area contributed by atoms with Gasteiger partial charge < -0.3 is 5.73 Å². The second kappa shape index (κ2) is 4.42. The first kappa shape index (κ1) is 10.5. The number of hydrogen-bond acceptors (Lipinski definition) is 0. The SMILES string of the molecule is [NH-]c1ccc(F)cc1Br.[Y]. The van der Waals surface area contributed by atoms with E-state index in [1.165, 1.54) is 18.2 Å². The summed E-state index contributed by atoms with van der Waals surface area (Å²) in [6.07, 6.45) is 0. The summed E-state index contributed by atoms with van der Waals surface area (Å²) in [5, 5.41) is 0. The molecule has 0 aromatic heterocycles. The fourth-order valence-electron chi connectivity index (χ4n) is 0.489. The average Bonchev–Trinajstić information content (AvgIpc) is 1.80. The first-order valence-electron chi connectivity index (χ1n) is 2.37. The van der Waals surface area contributed by atoms with Crippen molar-refractivity contribution in [3.05, 3.63) is 34.2 Å². The molecule has 0 spiro atoms. The third-order valence-corrected chi connectivity index (χ3v) is 1.59. The van der Waals surface area contributed by atoms with Crippen molar-refractivity contribution in [2.24, 2.45) is 0 Å². The Kier molecular flexibility index (Phi) is 4.66. The van der Waals surface area contributed by atoms with Gasteiger partial charge in [-0.15, -0.1) is 5.69 Å². The minimum Gasteiger partial charge on any atom is -0.698 e. The van der Waals surface area contributed by atoms with E-state index in [0.29, 0.717) is 10.2 Å². The van der Waals surface area contributed by atoms with Crippen molar-refractivity contribution in [1.82, 2.24) is 0 Å². The van der Waals surface area contributed by atoms with Gasteiger partial charge in [0.05, 0.1) is 0 Å². The summed E-state index contributed by atoms with van der Waals surface area (Å²) in [7, 11) is 0.